The summed E-state index contributed by atoms with van der Waals surface area (Å²) in [6.45, 7) is 4.22. The highest BCUT2D eigenvalue weighted by molar-refractivity contribution is 5.80. The van der Waals surface area contributed by atoms with E-state index in [1.165, 1.54) is 36.0 Å². The van der Waals surface area contributed by atoms with Crippen LogP contribution in [0, 0.1) is 19.1 Å². The lowest BCUT2D eigenvalue weighted by molar-refractivity contribution is 0.419. The van der Waals surface area contributed by atoms with Crippen LogP contribution in [0.2, 0.25) is 0 Å². The van der Waals surface area contributed by atoms with E-state index in [2.05, 4.69) is 24.8 Å². The normalized spacial score (nSPS) is 19.3. The number of nitrogens with zero attached hydrogens (tertiary/aromatic N) is 1. The molecule has 4 heteroatoms. The summed E-state index contributed by atoms with van der Waals surface area (Å²) in [6, 6.07) is 1.95. The fourth-order valence-corrected chi connectivity index (χ4v) is 2.59. The predicted octanol–water partition coefficient (Wildman–Crippen LogP) is 2.72. The second-order valence-electron chi connectivity index (χ2n) is 4.79. The van der Waals surface area contributed by atoms with Gasteiger partial charge in [-0.2, -0.15) is 5.53 Å². The molecule has 2 N–H and O–H groups in total. The van der Waals surface area contributed by atoms with E-state index < -0.39 is 0 Å². The Bertz CT molecular complexity index is 440. The van der Waals surface area contributed by atoms with Crippen LogP contribution in [-0.4, -0.2) is 0 Å². The van der Waals surface area contributed by atoms with Gasteiger partial charge in [-0.25, -0.2) is 0 Å². The molecular weight excluding hydrogens is 202 g/mol. The Kier molecular flexibility index (Phi) is 2.09. The third-order valence-electron chi connectivity index (χ3n) is 3.89. The van der Waals surface area contributed by atoms with Gasteiger partial charge in [0, 0.05) is 0 Å². The molecule has 1 aliphatic carbocycles. The van der Waals surface area contributed by atoms with E-state index in [0.29, 0.717) is 5.92 Å². The number of hydrazine groups is 2. The molecule has 0 atom stereocenters. The zero-order valence-corrected chi connectivity index (χ0v) is 9.63. The third kappa shape index (κ3) is 1.23. The SMILES string of the molecule is Cc1cc2c(c(C3CCC3)c1C)NNN2[O-]. The van der Waals surface area contributed by atoms with Gasteiger partial charge in [-0.1, -0.05) is 6.42 Å². The second-order valence-corrected chi connectivity index (χ2v) is 4.79. The van der Waals surface area contributed by atoms with Gasteiger partial charge in [0.25, 0.3) is 0 Å². The highest BCUT2D eigenvalue weighted by Crippen LogP contribution is 2.46. The number of aryl methyl sites for hydroxylation is 1. The molecule has 3 rings (SSSR count). The van der Waals surface area contributed by atoms with Crippen LogP contribution in [0.4, 0.5) is 11.4 Å². The molecule has 1 fully saturated rings. The smallest absolute Gasteiger partial charge is 0.0781 e. The maximum atomic E-state index is 11.6. The molecule has 0 radical (unpaired) electrons. The number of benzene rings is 1. The maximum Gasteiger partial charge on any atom is 0.0781 e. The third-order valence-corrected chi connectivity index (χ3v) is 3.89. The molecule has 0 aromatic heterocycles. The Morgan fingerprint density at radius 1 is 1.38 bits per heavy atom. The van der Waals surface area contributed by atoms with Crippen LogP contribution in [-0.2, 0) is 0 Å². The highest BCUT2D eigenvalue weighted by Gasteiger charge is 2.28. The molecule has 1 aromatic rings. The Morgan fingerprint density at radius 2 is 2.12 bits per heavy atom. The van der Waals surface area contributed by atoms with Crippen molar-refractivity contribution in [3.63, 3.8) is 0 Å². The number of nitrogens with one attached hydrogen (secondary N) is 2. The van der Waals surface area contributed by atoms with Gasteiger partial charge in [-0.15, -0.1) is 0 Å². The first-order valence-corrected chi connectivity index (χ1v) is 5.81. The second kappa shape index (κ2) is 3.37. The summed E-state index contributed by atoms with van der Waals surface area (Å²) in [5.41, 5.74) is 11.2. The Morgan fingerprint density at radius 3 is 2.75 bits per heavy atom. The quantitative estimate of drug-likeness (QED) is 0.761. The van der Waals surface area contributed by atoms with E-state index in [1.54, 1.807) is 0 Å². The van der Waals surface area contributed by atoms with E-state index in [0.717, 1.165) is 16.5 Å². The predicted molar refractivity (Wildman–Crippen MR) is 65.1 cm³/mol. The maximum absolute atomic E-state index is 11.6. The van der Waals surface area contributed by atoms with E-state index in [9.17, 15) is 5.21 Å². The molecule has 0 amide bonds. The van der Waals surface area contributed by atoms with Crippen molar-refractivity contribution in [1.29, 1.82) is 0 Å². The molecule has 1 aliphatic heterocycles. The standard InChI is InChI=1S/C12H16N3O/c1-7-6-10-12(13-14-15(10)16)11(8(7)2)9-4-3-5-9/h6,9,13-14H,3-5H2,1-2H3/q-1. The van der Waals surface area contributed by atoms with E-state index >= 15 is 0 Å². The molecule has 2 aliphatic rings. The minimum atomic E-state index is 0.634. The number of anilines is 2. The molecule has 0 saturated heterocycles. The highest BCUT2D eigenvalue weighted by atomic mass is 16.6. The van der Waals surface area contributed by atoms with E-state index in [1.807, 2.05) is 6.07 Å². The van der Waals surface area contributed by atoms with Crippen LogP contribution in [0.25, 0.3) is 0 Å². The lowest BCUT2D eigenvalue weighted by Gasteiger charge is -2.30. The number of hydrogen-bond donors (Lipinski definition) is 2. The molecule has 1 aromatic carbocycles. The van der Waals surface area contributed by atoms with Crippen LogP contribution < -0.4 is 16.1 Å². The first-order chi connectivity index (χ1) is 7.68. The van der Waals surface area contributed by atoms with Crippen LogP contribution in [0.5, 0.6) is 0 Å². The summed E-state index contributed by atoms with van der Waals surface area (Å²) >= 11 is 0. The minimum absolute atomic E-state index is 0.634. The van der Waals surface area contributed by atoms with Crippen molar-refractivity contribution in [2.24, 2.45) is 0 Å². The van der Waals surface area contributed by atoms with E-state index in [-0.39, 0.29) is 0 Å². The molecule has 16 heavy (non-hydrogen) atoms. The van der Waals surface area contributed by atoms with Crippen LogP contribution in [0.3, 0.4) is 0 Å². The van der Waals surface area contributed by atoms with Crippen LogP contribution in [0.1, 0.15) is 41.9 Å². The summed E-state index contributed by atoms with van der Waals surface area (Å²) in [5.74, 6) is 0.634. The summed E-state index contributed by atoms with van der Waals surface area (Å²) in [5, 5.41) is 12.4. The van der Waals surface area contributed by atoms with Crippen LogP contribution in [0.15, 0.2) is 6.07 Å². The van der Waals surface area contributed by atoms with Gasteiger partial charge in [0.2, 0.25) is 0 Å². The van der Waals surface area contributed by atoms with Gasteiger partial charge in [0.05, 0.1) is 11.4 Å². The fraction of sp³-hybridized carbons (Fsp3) is 0.500. The molecular formula is C12H16N3O-. The average Bonchev–Trinajstić information content (AvgIpc) is 2.52. The molecule has 0 unspecified atom stereocenters. The van der Waals surface area contributed by atoms with Gasteiger partial charge in [-0.05, 0) is 55.4 Å². The summed E-state index contributed by atoms with van der Waals surface area (Å²) in [7, 11) is 0. The summed E-state index contributed by atoms with van der Waals surface area (Å²) in [4.78, 5) is 0. The van der Waals surface area contributed by atoms with Crippen molar-refractivity contribution in [3.05, 3.63) is 28.0 Å². The van der Waals surface area contributed by atoms with Gasteiger partial charge in [-0.3, -0.25) is 0 Å². The van der Waals surface area contributed by atoms with Gasteiger partial charge < -0.3 is 15.8 Å². The molecule has 86 valence electrons. The van der Waals surface area contributed by atoms with Gasteiger partial charge in [0.15, 0.2) is 0 Å². The zero-order valence-electron chi connectivity index (χ0n) is 9.63. The zero-order chi connectivity index (χ0) is 11.3. The Balaban J connectivity index is 2.17. The minimum Gasteiger partial charge on any atom is -0.742 e. The number of rotatable bonds is 1. The molecule has 1 saturated carbocycles. The van der Waals surface area contributed by atoms with Crippen molar-refractivity contribution >= 4 is 11.4 Å². The number of fused-ring (bicyclic) bond motifs is 1. The van der Waals surface area contributed by atoms with Crippen molar-refractivity contribution < 1.29 is 0 Å². The van der Waals surface area contributed by atoms with Gasteiger partial charge in [0.1, 0.15) is 0 Å². The molecule has 1 heterocycles. The largest absolute Gasteiger partial charge is 0.742 e. The van der Waals surface area contributed by atoms with Crippen molar-refractivity contribution in [1.82, 2.24) is 5.53 Å². The first kappa shape index (κ1) is 9.93. The van der Waals surface area contributed by atoms with E-state index in [4.69, 9.17) is 0 Å². The monoisotopic (exact) mass is 218 g/mol. The Labute approximate surface area is 95.2 Å². The number of hydrogen-bond acceptors (Lipinski definition) is 4. The molecule has 0 bridgehead atoms. The van der Waals surface area contributed by atoms with Crippen molar-refractivity contribution in [3.8, 4) is 0 Å². The topological polar surface area (TPSA) is 50.4 Å². The summed E-state index contributed by atoms with van der Waals surface area (Å²) < 4.78 is 0. The Hall–Kier alpha value is -1.26. The lowest BCUT2D eigenvalue weighted by atomic mass is 9.76. The molecule has 4 nitrogen and oxygen atoms in total. The van der Waals surface area contributed by atoms with Crippen molar-refractivity contribution in [2.45, 2.75) is 39.0 Å². The average molecular weight is 218 g/mol. The molecule has 0 spiro atoms. The van der Waals surface area contributed by atoms with Crippen LogP contribution >= 0.6 is 0 Å². The fourth-order valence-electron chi connectivity index (χ4n) is 2.59. The summed E-state index contributed by atoms with van der Waals surface area (Å²) in [6.07, 6.45) is 3.80. The lowest BCUT2D eigenvalue weighted by Crippen LogP contribution is -2.30. The van der Waals surface area contributed by atoms with Crippen molar-refractivity contribution in [2.75, 3.05) is 10.6 Å². The first-order valence-electron chi connectivity index (χ1n) is 5.81. The van der Waals surface area contributed by atoms with Gasteiger partial charge >= 0.3 is 0 Å².